The summed E-state index contributed by atoms with van der Waals surface area (Å²) in [6, 6.07) is 30.4. The molecule has 0 unspecified atom stereocenters. The van der Waals surface area contributed by atoms with Crippen molar-refractivity contribution in [3.63, 3.8) is 0 Å². The standard InChI is InChI=1S/C38H40N4O2S/c1-27-9-7-13-31(23-27)26-42-34-25-32(15-16-35(34)45-36(38(42)44)24-30-11-5-4-6-12-30)37(43)39-17-18-40-19-21-41(22-20-40)33-14-8-10-28(2)29(33)3/h4-16,23-25H,17-22,26H2,1-3H3,(H,39,43)/b36-24-. The van der Waals surface area contributed by atoms with Crippen LogP contribution in [0.4, 0.5) is 11.4 Å². The third-order valence-corrected chi connectivity index (χ3v) is 9.79. The number of nitrogens with one attached hydrogen (secondary N) is 1. The summed E-state index contributed by atoms with van der Waals surface area (Å²) in [4.78, 5) is 35.5. The zero-order chi connectivity index (χ0) is 31.3. The van der Waals surface area contributed by atoms with Gasteiger partial charge in [-0.15, -0.1) is 0 Å². The number of piperazine rings is 1. The largest absolute Gasteiger partial charge is 0.369 e. The van der Waals surface area contributed by atoms with Crippen molar-refractivity contribution >= 4 is 41.0 Å². The van der Waals surface area contributed by atoms with Crippen molar-refractivity contribution in [2.45, 2.75) is 32.2 Å². The van der Waals surface area contributed by atoms with E-state index in [1.165, 1.54) is 28.6 Å². The highest BCUT2D eigenvalue weighted by Gasteiger charge is 2.30. The molecule has 2 aliphatic heterocycles. The lowest BCUT2D eigenvalue weighted by Crippen LogP contribution is -2.48. The van der Waals surface area contributed by atoms with E-state index in [1.807, 2.05) is 71.6 Å². The molecule has 6 nitrogen and oxygen atoms in total. The van der Waals surface area contributed by atoms with Crippen LogP contribution >= 0.6 is 11.8 Å². The van der Waals surface area contributed by atoms with Crippen molar-refractivity contribution in [2.24, 2.45) is 0 Å². The van der Waals surface area contributed by atoms with Gasteiger partial charge in [0.05, 0.1) is 17.1 Å². The monoisotopic (exact) mass is 616 g/mol. The Morgan fingerprint density at radius 2 is 1.62 bits per heavy atom. The molecule has 1 saturated heterocycles. The number of anilines is 2. The van der Waals surface area contributed by atoms with E-state index in [4.69, 9.17) is 0 Å². The van der Waals surface area contributed by atoms with Gasteiger partial charge >= 0.3 is 0 Å². The fourth-order valence-corrected chi connectivity index (χ4v) is 7.06. The third-order valence-electron chi connectivity index (χ3n) is 8.71. The Balaban J connectivity index is 1.13. The Morgan fingerprint density at radius 3 is 2.40 bits per heavy atom. The fraction of sp³-hybridized carbons (Fsp3) is 0.263. The fourth-order valence-electron chi connectivity index (χ4n) is 6.02. The van der Waals surface area contributed by atoms with Crippen molar-refractivity contribution in [3.05, 3.63) is 129 Å². The number of rotatable bonds is 8. The molecule has 230 valence electrons. The van der Waals surface area contributed by atoms with Gasteiger partial charge in [-0.25, -0.2) is 0 Å². The molecule has 2 heterocycles. The van der Waals surface area contributed by atoms with Crippen molar-refractivity contribution in [1.29, 1.82) is 0 Å². The zero-order valence-corrected chi connectivity index (χ0v) is 27.1. The minimum atomic E-state index is -0.120. The maximum atomic E-state index is 13.9. The lowest BCUT2D eigenvalue weighted by molar-refractivity contribution is -0.114. The predicted octanol–water partition coefficient (Wildman–Crippen LogP) is 6.84. The highest BCUT2D eigenvalue weighted by Crippen LogP contribution is 2.43. The summed E-state index contributed by atoms with van der Waals surface area (Å²) in [5.41, 5.74) is 8.51. The molecule has 0 spiro atoms. The van der Waals surface area contributed by atoms with Gasteiger partial charge in [0.25, 0.3) is 11.8 Å². The number of fused-ring (bicyclic) bond motifs is 1. The van der Waals surface area contributed by atoms with Crippen LogP contribution in [0.2, 0.25) is 0 Å². The molecule has 2 aliphatic rings. The van der Waals surface area contributed by atoms with E-state index in [1.54, 1.807) is 0 Å². The van der Waals surface area contributed by atoms with Crippen LogP contribution in [0.5, 0.6) is 0 Å². The van der Waals surface area contributed by atoms with Crippen LogP contribution in [-0.4, -0.2) is 56.0 Å². The molecular formula is C38H40N4O2S. The Kier molecular flexibility index (Phi) is 9.38. The number of hydrogen-bond donors (Lipinski definition) is 1. The Morgan fingerprint density at radius 1 is 0.844 bits per heavy atom. The maximum absolute atomic E-state index is 13.9. The van der Waals surface area contributed by atoms with Gasteiger partial charge in [-0.1, -0.05) is 84.1 Å². The molecule has 6 rings (SSSR count). The van der Waals surface area contributed by atoms with E-state index in [0.717, 1.165) is 60.0 Å². The number of amides is 2. The van der Waals surface area contributed by atoms with Gasteiger partial charge in [-0.05, 0) is 73.4 Å². The minimum Gasteiger partial charge on any atom is -0.369 e. The number of aryl methyl sites for hydroxylation is 2. The summed E-state index contributed by atoms with van der Waals surface area (Å²) in [5.74, 6) is -0.180. The Hall–Kier alpha value is -4.33. The van der Waals surface area contributed by atoms with Crippen molar-refractivity contribution in [3.8, 4) is 0 Å². The SMILES string of the molecule is Cc1cccc(CN2C(=O)/C(=C/c3ccccc3)Sc3ccc(C(=O)NCCN4CCN(c5cccc(C)c5C)CC4)cc32)c1. The van der Waals surface area contributed by atoms with Crippen molar-refractivity contribution in [1.82, 2.24) is 10.2 Å². The van der Waals surface area contributed by atoms with E-state index >= 15 is 0 Å². The van der Waals surface area contributed by atoms with Gasteiger partial charge < -0.3 is 15.1 Å². The first-order chi connectivity index (χ1) is 21.9. The van der Waals surface area contributed by atoms with Crippen LogP contribution in [0.3, 0.4) is 0 Å². The second kappa shape index (κ2) is 13.8. The highest BCUT2D eigenvalue weighted by molar-refractivity contribution is 8.04. The topological polar surface area (TPSA) is 55.9 Å². The average molecular weight is 617 g/mol. The van der Waals surface area contributed by atoms with Crippen molar-refractivity contribution < 1.29 is 9.59 Å². The first kappa shape index (κ1) is 30.7. The quantitative estimate of drug-likeness (QED) is 0.220. The van der Waals surface area contributed by atoms with Gasteiger partial charge in [0.2, 0.25) is 0 Å². The van der Waals surface area contributed by atoms with Gasteiger partial charge in [0, 0.05) is 55.4 Å². The Bertz CT molecular complexity index is 1730. The molecular weight excluding hydrogens is 577 g/mol. The normalized spacial score (nSPS) is 16.2. The first-order valence-electron chi connectivity index (χ1n) is 15.6. The van der Waals surface area contributed by atoms with Gasteiger partial charge in [-0.2, -0.15) is 0 Å². The summed E-state index contributed by atoms with van der Waals surface area (Å²) in [6.45, 7) is 12.1. The van der Waals surface area contributed by atoms with E-state index in [9.17, 15) is 9.59 Å². The molecule has 0 atom stereocenters. The average Bonchev–Trinajstić information content (AvgIpc) is 3.05. The second-order valence-electron chi connectivity index (χ2n) is 11.9. The summed E-state index contributed by atoms with van der Waals surface area (Å²) < 4.78 is 0. The number of hydrogen-bond acceptors (Lipinski definition) is 5. The third kappa shape index (κ3) is 7.16. The lowest BCUT2D eigenvalue weighted by Gasteiger charge is -2.37. The molecule has 1 fully saturated rings. The number of carbonyl (C=O) groups excluding carboxylic acids is 2. The number of benzene rings is 4. The summed E-state index contributed by atoms with van der Waals surface area (Å²) in [7, 11) is 0. The van der Waals surface area contributed by atoms with E-state index in [0.29, 0.717) is 23.6 Å². The molecule has 4 aromatic rings. The Labute approximate surface area is 270 Å². The first-order valence-corrected chi connectivity index (χ1v) is 16.4. The van der Waals surface area contributed by atoms with Crippen LogP contribution in [0.1, 0.15) is 38.2 Å². The summed E-state index contributed by atoms with van der Waals surface area (Å²) >= 11 is 1.46. The molecule has 7 heteroatoms. The molecule has 4 aromatic carbocycles. The summed E-state index contributed by atoms with van der Waals surface area (Å²) in [5, 5.41) is 3.12. The van der Waals surface area contributed by atoms with E-state index in [2.05, 4.69) is 66.2 Å². The van der Waals surface area contributed by atoms with Gasteiger partial charge in [0.1, 0.15) is 0 Å². The summed E-state index contributed by atoms with van der Waals surface area (Å²) in [6.07, 6.45) is 1.95. The van der Waals surface area contributed by atoms with Crippen LogP contribution in [0, 0.1) is 20.8 Å². The van der Waals surface area contributed by atoms with E-state index in [-0.39, 0.29) is 11.8 Å². The molecule has 0 saturated carbocycles. The molecule has 0 aliphatic carbocycles. The van der Waals surface area contributed by atoms with Gasteiger partial charge in [0.15, 0.2) is 0 Å². The smallest absolute Gasteiger partial charge is 0.265 e. The molecule has 0 radical (unpaired) electrons. The molecule has 45 heavy (non-hydrogen) atoms. The second-order valence-corrected chi connectivity index (χ2v) is 13.0. The molecule has 1 N–H and O–H groups in total. The van der Waals surface area contributed by atoms with E-state index < -0.39 is 0 Å². The zero-order valence-electron chi connectivity index (χ0n) is 26.3. The van der Waals surface area contributed by atoms with Crippen LogP contribution in [-0.2, 0) is 11.3 Å². The number of thioether (sulfide) groups is 1. The van der Waals surface area contributed by atoms with Crippen molar-refractivity contribution in [2.75, 3.05) is 49.1 Å². The number of carbonyl (C=O) groups is 2. The molecule has 0 aromatic heterocycles. The van der Waals surface area contributed by atoms with Crippen LogP contribution in [0.25, 0.3) is 6.08 Å². The van der Waals surface area contributed by atoms with Crippen LogP contribution in [0.15, 0.2) is 101 Å². The number of nitrogens with zero attached hydrogens (tertiary/aromatic N) is 3. The highest BCUT2D eigenvalue weighted by atomic mass is 32.2. The molecule has 2 amide bonds. The lowest BCUT2D eigenvalue weighted by atomic mass is 10.1. The minimum absolute atomic E-state index is 0.0598. The maximum Gasteiger partial charge on any atom is 0.265 e. The van der Waals surface area contributed by atoms with Crippen LogP contribution < -0.4 is 15.1 Å². The molecule has 0 bridgehead atoms. The van der Waals surface area contributed by atoms with Gasteiger partial charge in [-0.3, -0.25) is 14.5 Å². The predicted molar refractivity (Wildman–Crippen MR) is 186 cm³/mol.